The van der Waals surface area contributed by atoms with Gasteiger partial charge in [-0.1, -0.05) is 30.3 Å². The van der Waals surface area contributed by atoms with E-state index in [-0.39, 0.29) is 11.4 Å². The summed E-state index contributed by atoms with van der Waals surface area (Å²) in [5, 5.41) is 16.2. The monoisotopic (exact) mass is 438 g/mol. The van der Waals surface area contributed by atoms with Gasteiger partial charge in [0, 0.05) is 60.4 Å². The lowest BCUT2D eigenvalue weighted by Crippen LogP contribution is -2.39. The van der Waals surface area contributed by atoms with Gasteiger partial charge in [0.2, 0.25) is 10.0 Å². The molecule has 2 heterocycles. The Balaban J connectivity index is 1.33. The van der Waals surface area contributed by atoms with Crippen LogP contribution in [0.4, 0.5) is 0 Å². The van der Waals surface area contributed by atoms with E-state index >= 15 is 0 Å². The molecule has 0 amide bonds. The summed E-state index contributed by atoms with van der Waals surface area (Å²) in [5.41, 5.74) is 2.32. The van der Waals surface area contributed by atoms with Crippen molar-refractivity contribution in [3.8, 4) is 0 Å². The van der Waals surface area contributed by atoms with E-state index in [9.17, 15) is 13.5 Å². The molecule has 4 rings (SSSR count). The van der Waals surface area contributed by atoms with Crippen molar-refractivity contribution in [1.29, 1.82) is 0 Å². The number of likely N-dealkylation sites (N-methyl/N-ethyl adjacent to an activating group) is 1. The maximum Gasteiger partial charge on any atom is 0.243 e. The fraction of sp³-hybridized carbons (Fsp3) is 0.261. The molecule has 0 aliphatic rings. The first-order valence-corrected chi connectivity index (χ1v) is 11.6. The van der Waals surface area contributed by atoms with Crippen LogP contribution in [0.25, 0.3) is 21.7 Å². The van der Waals surface area contributed by atoms with Gasteiger partial charge >= 0.3 is 0 Å². The fourth-order valence-corrected chi connectivity index (χ4v) is 5.19. The van der Waals surface area contributed by atoms with Crippen molar-refractivity contribution in [3.63, 3.8) is 0 Å². The molecule has 2 aromatic carbocycles. The lowest BCUT2D eigenvalue weighted by molar-refractivity contribution is 0.150. The molecule has 31 heavy (non-hydrogen) atoms. The molecule has 3 N–H and O–H groups in total. The number of nitrogens with zero attached hydrogens (tertiary/aromatic N) is 2. The largest absolute Gasteiger partial charge is 0.390 e. The number of benzene rings is 2. The number of rotatable bonds is 9. The van der Waals surface area contributed by atoms with Gasteiger partial charge in [0.15, 0.2) is 0 Å². The standard InChI is InChI=1S/C23H26N4O3S/c1-27(31(29,30)23-8-4-5-17-13-24-12-10-21(17)23)16-19(28)15-25-11-9-18-14-26-22-7-3-2-6-20(18)22/h2-8,10,12-14,19,25-26,28H,9,11,15-16H2,1H3. The lowest BCUT2D eigenvalue weighted by atomic mass is 10.1. The molecule has 8 heteroatoms. The number of hydrogen-bond donors (Lipinski definition) is 3. The van der Waals surface area contributed by atoms with Gasteiger partial charge in [-0.25, -0.2) is 8.42 Å². The molecule has 0 fully saturated rings. The molecule has 1 atom stereocenters. The van der Waals surface area contributed by atoms with Gasteiger partial charge in [-0.05, 0) is 36.7 Å². The van der Waals surface area contributed by atoms with Crippen molar-refractivity contribution in [1.82, 2.24) is 19.6 Å². The summed E-state index contributed by atoms with van der Waals surface area (Å²) in [5.74, 6) is 0. The molecule has 0 spiro atoms. The van der Waals surface area contributed by atoms with Crippen LogP contribution in [-0.2, 0) is 16.4 Å². The maximum absolute atomic E-state index is 13.1. The fourth-order valence-electron chi connectivity index (χ4n) is 3.78. The van der Waals surface area contributed by atoms with E-state index in [1.54, 1.807) is 30.6 Å². The predicted octanol–water partition coefficient (Wildman–Crippen LogP) is 2.53. The summed E-state index contributed by atoms with van der Waals surface area (Å²) in [4.78, 5) is 7.52. The van der Waals surface area contributed by atoms with Crippen LogP contribution in [0.5, 0.6) is 0 Å². The van der Waals surface area contributed by atoms with Crippen LogP contribution in [0.1, 0.15) is 5.56 Å². The number of pyridine rings is 1. The van der Waals surface area contributed by atoms with Gasteiger partial charge in [-0.15, -0.1) is 0 Å². The number of aromatic amines is 1. The molecule has 162 valence electrons. The Hall–Kier alpha value is -2.78. The molecular formula is C23H26N4O3S. The zero-order valence-corrected chi connectivity index (χ0v) is 18.1. The van der Waals surface area contributed by atoms with Gasteiger partial charge in [0.1, 0.15) is 0 Å². The minimum Gasteiger partial charge on any atom is -0.390 e. The summed E-state index contributed by atoms with van der Waals surface area (Å²) in [6.07, 6.45) is 5.21. The molecule has 0 saturated carbocycles. The van der Waals surface area contributed by atoms with Crippen molar-refractivity contribution >= 4 is 31.7 Å². The van der Waals surface area contributed by atoms with Crippen LogP contribution in [0.2, 0.25) is 0 Å². The first-order valence-electron chi connectivity index (χ1n) is 10.2. The molecule has 0 aliphatic carbocycles. The van der Waals surface area contributed by atoms with Crippen molar-refractivity contribution in [2.24, 2.45) is 0 Å². The molecular weight excluding hydrogens is 412 g/mol. The quantitative estimate of drug-likeness (QED) is 0.349. The normalized spacial score (nSPS) is 13.3. The molecule has 1 unspecified atom stereocenters. The van der Waals surface area contributed by atoms with E-state index in [1.165, 1.54) is 22.3 Å². The third kappa shape index (κ3) is 4.62. The summed E-state index contributed by atoms with van der Waals surface area (Å²) >= 11 is 0. The number of aliphatic hydroxyl groups excluding tert-OH is 1. The van der Waals surface area contributed by atoms with Gasteiger partial charge in [-0.2, -0.15) is 4.31 Å². The number of nitrogens with one attached hydrogen (secondary N) is 2. The maximum atomic E-state index is 13.1. The molecule has 7 nitrogen and oxygen atoms in total. The number of hydrogen-bond acceptors (Lipinski definition) is 5. The summed E-state index contributed by atoms with van der Waals surface area (Å²) in [7, 11) is -2.25. The first-order chi connectivity index (χ1) is 15.0. The minimum absolute atomic E-state index is 0.00386. The smallest absolute Gasteiger partial charge is 0.243 e. The Morgan fingerprint density at radius 2 is 1.97 bits per heavy atom. The summed E-state index contributed by atoms with van der Waals surface area (Å²) in [6.45, 7) is 0.997. The molecule has 0 aliphatic heterocycles. The van der Waals surface area contributed by atoms with Crippen molar-refractivity contribution < 1.29 is 13.5 Å². The van der Waals surface area contributed by atoms with Gasteiger partial charge in [-0.3, -0.25) is 4.98 Å². The molecule has 0 radical (unpaired) electrons. The van der Waals surface area contributed by atoms with Crippen molar-refractivity contribution in [2.75, 3.05) is 26.7 Å². The lowest BCUT2D eigenvalue weighted by Gasteiger charge is -2.21. The average molecular weight is 439 g/mol. The Morgan fingerprint density at radius 3 is 2.84 bits per heavy atom. The van der Waals surface area contributed by atoms with Crippen LogP contribution in [-0.4, -0.2) is 60.6 Å². The van der Waals surface area contributed by atoms with Crippen LogP contribution in [0.15, 0.2) is 72.0 Å². The van der Waals surface area contributed by atoms with Gasteiger partial charge in [0.25, 0.3) is 0 Å². The highest BCUT2D eigenvalue weighted by atomic mass is 32.2. The Kier molecular flexibility index (Phi) is 6.33. The minimum atomic E-state index is -3.74. The summed E-state index contributed by atoms with van der Waals surface area (Å²) < 4.78 is 27.3. The molecule has 2 aromatic heterocycles. The molecule has 4 aromatic rings. The number of fused-ring (bicyclic) bond motifs is 2. The predicted molar refractivity (Wildman–Crippen MR) is 122 cm³/mol. The second-order valence-electron chi connectivity index (χ2n) is 7.61. The highest BCUT2D eigenvalue weighted by Crippen LogP contribution is 2.24. The number of H-pyrrole nitrogens is 1. The van der Waals surface area contributed by atoms with Crippen LogP contribution in [0.3, 0.4) is 0 Å². The highest BCUT2D eigenvalue weighted by Gasteiger charge is 2.24. The van der Waals surface area contributed by atoms with E-state index in [4.69, 9.17) is 0 Å². The number of sulfonamides is 1. The zero-order chi connectivity index (χ0) is 21.8. The second-order valence-corrected chi connectivity index (χ2v) is 9.62. The van der Waals surface area contributed by atoms with Crippen molar-refractivity contribution in [2.45, 2.75) is 17.4 Å². The first kappa shape index (κ1) is 21.5. The Bertz CT molecular complexity index is 1280. The Labute approximate surface area is 181 Å². The van der Waals surface area contributed by atoms with Gasteiger partial charge < -0.3 is 15.4 Å². The summed E-state index contributed by atoms with van der Waals surface area (Å²) in [6, 6.07) is 14.9. The third-order valence-electron chi connectivity index (χ3n) is 5.42. The van der Waals surface area contributed by atoms with Gasteiger partial charge in [0.05, 0.1) is 11.0 Å². The number of aliphatic hydroxyl groups is 1. The van der Waals surface area contributed by atoms with E-state index in [0.717, 1.165) is 17.3 Å². The molecule has 0 saturated heterocycles. The van der Waals surface area contributed by atoms with Crippen LogP contribution >= 0.6 is 0 Å². The van der Waals surface area contributed by atoms with Crippen LogP contribution in [0, 0.1) is 0 Å². The van der Waals surface area contributed by atoms with E-state index < -0.39 is 16.1 Å². The Morgan fingerprint density at radius 1 is 1.13 bits per heavy atom. The SMILES string of the molecule is CN(CC(O)CNCCc1c[nH]c2ccccc12)S(=O)(=O)c1cccc2cnccc12. The van der Waals surface area contributed by atoms with Crippen LogP contribution < -0.4 is 5.32 Å². The highest BCUT2D eigenvalue weighted by molar-refractivity contribution is 7.89. The third-order valence-corrected chi connectivity index (χ3v) is 7.30. The van der Waals surface area contributed by atoms with E-state index in [2.05, 4.69) is 21.4 Å². The number of aromatic nitrogens is 2. The van der Waals surface area contributed by atoms with E-state index in [1.807, 2.05) is 30.5 Å². The number of para-hydroxylation sites is 1. The topological polar surface area (TPSA) is 98.3 Å². The second kappa shape index (κ2) is 9.15. The average Bonchev–Trinajstić information content (AvgIpc) is 3.19. The van der Waals surface area contributed by atoms with Crippen molar-refractivity contribution in [3.05, 3.63) is 72.7 Å². The zero-order valence-electron chi connectivity index (χ0n) is 17.3. The molecule has 0 bridgehead atoms. The van der Waals surface area contributed by atoms with E-state index in [0.29, 0.717) is 18.5 Å².